The monoisotopic (exact) mass is 384 g/mol. The smallest absolute Gasteiger partial charge is 0.338 e. The van der Waals surface area contributed by atoms with Crippen molar-refractivity contribution >= 4 is 28.7 Å². The van der Waals surface area contributed by atoms with Gasteiger partial charge in [-0.05, 0) is 45.9 Å². The zero-order valence-corrected chi connectivity index (χ0v) is 16.0. The number of nitrogens with zero attached hydrogens (tertiary/aromatic N) is 3. The van der Waals surface area contributed by atoms with Crippen LogP contribution in [0.3, 0.4) is 0 Å². The SMILES string of the molecule is CCn1c(=O)c(C)nc2cc(C(=O)O[C@@H](C)C(=O)Nc3cc(C)on3)ccc21. The highest BCUT2D eigenvalue weighted by Gasteiger charge is 2.21. The summed E-state index contributed by atoms with van der Waals surface area (Å²) in [7, 11) is 0. The van der Waals surface area contributed by atoms with Crippen molar-refractivity contribution < 1.29 is 18.8 Å². The number of hydrogen-bond acceptors (Lipinski definition) is 7. The minimum absolute atomic E-state index is 0.168. The number of rotatable bonds is 5. The molecule has 0 unspecified atom stereocenters. The molecule has 28 heavy (non-hydrogen) atoms. The van der Waals surface area contributed by atoms with Crippen LogP contribution in [0, 0.1) is 13.8 Å². The van der Waals surface area contributed by atoms with E-state index in [2.05, 4.69) is 15.5 Å². The molecular weight excluding hydrogens is 364 g/mol. The number of nitrogens with one attached hydrogen (secondary N) is 1. The minimum Gasteiger partial charge on any atom is -0.449 e. The highest BCUT2D eigenvalue weighted by molar-refractivity contribution is 5.98. The van der Waals surface area contributed by atoms with Crippen LogP contribution in [-0.4, -0.2) is 32.7 Å². The van der Waals surface area contributed by atoms with Gasteiger partial charge >= 0.3 is 5.97 Å². The number of anilines is 1. The maximum absolute atomic E-state index is 12.4. The molecule has 9 heteroatoms. The Balaban J connectivity index is 1.78. The molecule has 3 aromatic rings. The summed E-state index contributed by atoms with van der Waals surface area (Å²) >= 11 is 0. The Labute approximate surface area is 160 Å². The molecular formula is C19H20N4O5. The van der Waals surface area contributed by atoms with Gasteiger partial charge in [0.1, 0.15) is 11.5 Å². The number of amides is 1. The lowest BCUT2D eigenvalue weighted by Gasteiger charge is -2.13. The summed E-state index contributed by atoms with van der Waals surface area (Å²) in [5.74, 6) is -0.413. The van der Waals surface area contributed by atoms with Crippen molar-refractivity contribution in [2.45, 2.75) is 40.3 Å². The van der Waals surface area contributed by atoms with Crippen LogP contribution in [0.5, 0.6) is 0 Å². The predicted molar refractivity (Wildman–Crippen MR) is 101 cm³/mol. The first-order valence-corrected chi connectivity index (χ1v) is 8.76. The second kappa shape index (κ2) is 7.63. The summed E-state index contributed by atoms with van der Waals surface area (Å²) in [6.45, 7) is 7.12. The second-order valence-corrected chi connectivity index (χ2v) is 6.31. The molecule has 1 N–H and O–H groups in total. The van der Waals surface area contributed by atoms with Crippen molar-refractivity contribution in [1.29, 1.82) is 0 Å². The van der Waals surface area contributed by atoms with Crippen LogP contribution >= 0.6 is 0 Å². The van der Waals surface area contributed by atoms with Crippen LogP contribution < -0.4 is 10.9 Å². The summed E-state index contributed by atoms with van der Waals surface area (Å²) < 4.78 is 11.7. The van der Waals surface area contributed by atoms with E-state index in [0.717, 1.165) is 0 Å². The molecule has 1 aromatic carbocycles. The summed E-state index contributed by atoms with van der Waals surface area (Å²) in [6.07, 6.45) is -1.04. The quantitative estimate of drug-likeness (QED) is 0.670. The number of carbonyl (C=O) groups excluding carboxylic acids is 2. The van der Waals surface area contributed by atoms with Gasteiger partial charge in [0.2, 0.25) is 0 Å². The lowest BCUT2D eigenvalue weighted by atomic mass is 10.2. The molecule has 2 heterocycles. The third kappa shape index (κ3) is 3.78. The molecule has 3 rings (SSSR count). The molecule has 0 fully saturated rings. The Morgan fingerprint density at radius 2 is 2.04 bits per heavy atom. The molecule has 0 aliphatic rings. The number of carbonyl (C=O) groups is 2. The fourth-order valence-electron chi connectivity index (χ4n) is 2.75. The second-order valence-electron chi connectivity index (χ2n) is 6.31. The lowest BCUT2D eigenvalue weighted by molar-refractivity contribution is -0.123. The average molecular weight is 384 g/mol. The molecule has 2 aromatic heterocycles. The van der Waals surface area contributed by atoms with Crippen molar-refractivity contribution in [3.63, 3.8) is 0 Å². The van der Waals surface area contributed by atoms with Crippen LogP contribution in [-0.2, 0) is 16.1 Å². The largest absolute Gasteiger partial charge is 0.449 e. The molecule has 0 aliphatic heterocycles. The van der Waals surface area contributed by atoms with Gasteiger partial charge in [-0.25, -0.2) is 9.78 Å². The number of benzene rings is 1. The van der Waals surface area contributed by atoms with Gasteiger partial charge in [-0.1, -0.05) is 5.16 Å². The third-order valence-corrected chi connectivity index (χ3v) is 4.19. The molecule has 146 valence electrons. The van der Waals surface area contributed by atoms with Crippen LogP contribution in [0.25, 0.3) is 11.0 Å². The summed E-state index contributed by atoms with van der Waals surface area (Å²) in [5, 5.41) is 6.16. The topological polar surface area (TPSA) is 116 Å². The summed E-state index contributed by atoms with van der Waals surface area (Å²) in [5.41, 5.74) is 1.54. The first-order valence-electron chi connectivity index (χ1n) is 8.76. The van der Waals surface area contributed by atoms with Crippen molar-refractivity contribution in [3.05, 3.63) is 51.6 Å². The molecule has 1 amide bonds. The van der Waals surface area contributed by atoms with E-state index in [1.807, 2.05) is 6.92 Å². The Morgan fingerprint density at radius 1 is 1.29 bits per heavy atom. The predicted octanol–water partition coefficient (Wildman–Crippen LogP) is 2.21. The van der Waals surface area contributed by atoms with E-state index < -0.39 is 18.0 Å². The first kappa shape index (κ1) is 19.3. The highest BCUT2D eigenvalue weighted by atomic mass is 16.5. The van der Waals surface area contributed by atoms with Gasteiger partial charge in [-0.15, -0.1) is 0 Å². The zero-order chi connectivity index (χ0) is 20.4. The number of aryl methyl sites for hydroxylation is 3. The normalized spacial score (nSPS) is 12.0. The van der Waals surface area contributed by atoms with Crippen molar-refractivity contribution in [2.24, 2.45) is 0 Å². The number of hydrogen-bond donors (Lipinski definition) is 1. The van der Waals surface area contributed by atoms with Crippen LogP contribution in [0.15, 0.2) is 33.6 Å². The van der Waals surface area contributed by atoms with Gasteiger partial charge in [-0.2, -0.15) is 0 Å². The van der Waals surface area contributed by atoms with E-state index in [1.54, 1.807) is 42.7 Å². The average Bonchev–Trinajstić information content (AvgIpc) is 3.07. The molecule has 0 spiro atoms. The molecule has 1 atom stereocenters. The number of fused-ring (bicyclic) bond motifs is 1. The fraction of sp³-hybridized carbons (Fsp3) is 0.316. The Kier molecular flexibility index (Phi) is 5.25. The van der Waals surface area contributed by atoms with Crippen molar-refractivity contribution in [2.75, 3.05) is 5.32 Å². The summed E-state index contributed by atoms with van der Waals surface area (Å²) in [4.78, 5) is 41.0. The third-order valence-electron chi connectivity index (χ3n) is 4.19. The van der Waals surface area contributed by atoms with Gasteiger partial charge in [0.15, 0.2) is 11.9 Å². The molecule has 0 radical (unpaired) electrons. The van der Waals surface area contributed by atoms with Crippen LogP contribution in [0.4, 0.5) is 5.82 Å². The first-order chi connectivity index (χ1) is 13.3. The fourth-order valence-corrected chi connectivity index (χ4v) is 2.75. The number of aromatic nitrogens is 3. The number of ether oxygens (including phenoxy) is 1. The van der Waals surface area contributed by atoms with E-state index >= 15 is 0 Å². The van der Waals surface area contributed by atoms with E-state index in [1.165, 1.54) is 6.92 Å². The highest BCUT2D eigenvalue weighted by Crippen LogP contribution is 2.15. The molecule has 0 bridgehead atoms. The van der Waals surface area contributed by atoms with Crippen LogP contribution in [0.2, 0.25) is 0 Å². The summed E-state index contributed by atoms with van der Waals surface area (Å²) in [6, 6.07) is 6.28. The molecule has 0 saturated carbocycles. The van der Waals surface area contributed by atoms with Gasteiger partial charge in [0.25, 0.3) is 11.5 Å². The van der Waals surface area contributed by atoms with E-state index in [4.69, 9.17) is 9.26 Å². The standard InChI is InChI=1S/C19H20N4O5/c1-5-23-15-7-6-13(9-14(15)20-11(3)18(23)25)19(26)27-12(4)17(24)21-16-8-10(2)28-22-16/h6-9,12H,5H2,1-4H3,(H,21,22,24)/t12-/m0/s1. The maximum Gasteiger partial charge on any atom is 0.338 e. The molecule has 0 saturated heterocycles. The van der Waals surface area contributed by atoms with E-state index in [9.17, 15) is 14.4 Å². The Bertz CT molecular complexity index is 1120. The molecule has 0 aliphatic carbocycles. The Hall–Kier alpha value is -3.49. The zero-order valence-electron chi connectivity index (χ0n) is 16.0. The van der Waals surface area contributed by atoms with Crippen molar-refractivity contribution in [1.82, 2.24) is 14.7 Å². The van der Waals surface area contributed by atoms with Gasteiger partial charge in [0.05, 0.1) is 16.6 Å². The minimum atomic E-state index is -1.04. The van der Waals surface area contributed by atoms with Gasteiger partial charge in [0, 0.05) is 12.6 Å². The maximum atomic E-state index is 12.4. The number of esters is 1. The molecule has 9 nitrogen and oxygen atoms in total. The Morgan fingerprint density at radius 3 is 2.68 bits per heavy atom. The van der Waals surface area contributed by atoms with Crippen LogP contribution in [0.1, 0.15) is 35.7 Å². The lowest BCUT2D eigenvalue weighted by Crippen LogP contribution is -2.30. The van der Waals surface area contributed by atoms with Crippen molar-refractivity contribution in [3.8, 4) is 0 Å². The van der Waals surface area contributed by atoms with E-state index in [-0.39, 0.29) is 16.9 Å². The van der Waals surface area contributed by atoms with E-state index in [0.29, 0.717) is 29.0 Å². The van der Waals surface area contributed by atoms with Gasteiger partial charge < -0.3 is 19.1 Å². The van der Waals surface area contributed by atoms with Gasteiger partial charge in [-0.3, -0.25) is 9.59 Å².